The monoisotopic (exact) mass is 360 g/mol. The first-order valence-electron chi connectivity index (χ1n) is 6.91. The maximum absolute atomic E-state index is 6.09. The zero-order chi connectivity index (χ0) is 16.7. The molecule has 0 aliphatic heterocycles. The predicted octanol–water partition coefficient (Wildman–Crippen LogP) is 3.96. The van der Waals surface area contributed by atoms with Gasteiger partial charge in [-0.15, -0.1) is 0 Å². The van der Waals surface area contributed by atoms with E-state index in [1.807, 2.05) is 18.2 Å². The number of aromatic nitrogens is 5. The van der Waals surface area contributed by atoms with Crippen molar-refractivity contribution >= 4 is 56.6 Å². The molecule has 24 heavy (non-hydrogen) atoms. The van der Waals surface area contributed by atoms with Gasteiger partial charge in [0.2, 0.25) is 0 Å². The zero-order valence-corrected chi connectivity index (χ0v) is 13.9. The van der Waals surface area contributed by atoms with E-state index in [-0.39, 0.29) is 10.3 Å². The molecule has 0 fully saturated rings. The van der Waals surface area contributed by atoms with Gasteiger partial charge in [0, 0.05) is 0 Å². The fraction of sp³-hybridized carbons (Fsp3) is 0.0667. The van der Waals surface area contributed by atoms with Crippen molar-refractivity contribution in [1.29, 1.82) is 0 Å². The van der Waals surface area contributed by atoms with Crippen molar-refractivity contribution in [2.45, 2.75) is 0 Å². The second kappa shape index (κ2) is 5.77. The number of hydrogen-bond acceptors (Lipinski definition) is 6. The molecule has 0 amide bonds. The average Bonchev–Trinajstić information content (AvgIpc) is 2.98. The molecule has 0 saturated carbocycles. The second-order valence-corrected chi connectivity index (χ2v) is 5.63. The van der Waals surface area contributed by atoms with Gasteiger partial charge in [0.25, 0.3) is 0 Å². The number of nitrogens with one attached hydrogen (secondary N) is 2. The lowest BCUT2D eigenvalue weighted by atomic mass is 10.2. The van der Waals surface area contributed by atoms with Crippen molar-refractivity contribution in [1.82, 2.24) is 24.9 Å². The van der Waals surface area contributed by atoms with Crippen LogP contribution in [0.3, 0.4) is 0 Å². The van der Waals surface area contributed by atoms with Gasteiger partial charge in [-0.05, 0) is 12.1 Å². The van der Waals surface area contributed by atoms with Crippen molar-refractivity contribution in [3.63, 3.8) is 0 Å². The van der Waals surface area contributed by atoms with Crippen LogP contribution in [-0.4, -0.2) is 32.0 Å². The number of benzene rings is 1. The molecule has 3 aromatic heterocycles. The van der Waals surface area contributed by atoms with Crippen LogP contribution in [0.15, 0.2) is 30.9 Å². The minimum atomic E-state index is 0.204. The number of ether oxygens (including phenoxy) is 1. The summed E-state index contributed by atoms with van der Waals surface area (Å²) in [5.74, 6) is 1.24. The number of hydrogen-bond donors (Lipinski definition) is 2. The molecule has 0 unspecified atom stereocenters. The largest absolute Gasteiger partial charge is 0.496 e. The maximum Gasteiger partial charge on any atom is 0.158 e. The van der Waals surface area contributed by atoms with Crippen LogP contribution in [0.4, 0.5) is 11.5 Å². The quantitative estimate of drug-likeness (QED) is 0.537. The lowest BCUT2D eigenvalue weighted by Gasteiger charge is -2.08. The van der Waals surface area contributed by atoms with Crippen LogP contribution >= 0.6 is 23.2 Å². The average molecular weight is 361 g/mol. The number of H-pyrrole nitrogens is 1. The molecule has 2 N–H and O–H groups in total. The Bertz CT molecular complexity index is 1040. The maximum atomic E-state index is 6.09. The topological polar surface area (TPSA) is 88.6 Å². The third-order valence-corrected chi connectivity index (χ3v) is 4.16. The Hall–Kier alpha value is -2.64. The molecule has 0 spiro atoms. The van der Waals surface area contributed by atoms with Gasteiger partial charge in [0.15, 0.2) is 16.1 Å². The molecule has 120 valence electrons. The molecular weight excluding hydrogens is 351 g/mol. The summed E-state index contributed by atoms with van der Waals surface area (Å²) in [7, 11) is 1.62. The molecule has 0 radical (unpaired) electrons. The SMILES string of the molecule is COc1cccc2[nH]c3c(Nc4c(Cl)ncnc4Cl)ncnc3c12. The van der Waals surface area contributed by atoms with E-state index in [9.17, 15) is 0 Å². The summed E-state index contributed by atoms with van der Waals surface area (Å²) in [6.45, 7) is 0. The third kappa shape index (κ3) is 2.29. The predicted molar refractivity (Wildman–Crippen MR) is 93.3 cm³/mol. The molecule has 7 nitrogen and oxygen atoms in total. The number of nitrogens with zero attached hydrogens (tertiary/aromatic N) is 4. The van der Waals surface area contributed by atoms with Crippen LogP contribution in [0.5, 0.6) is 5.75 Å². The van der Waals surface area contributed by atoms with Crippen molar-refractivity contribution in [2.75, 3.05) is 12.4 Å². The highest BCUT2D eigenvalue weighted by Gasteiger charge is 2.16. The fourth-order valence-electron chi connectivity index (χ4n) is 2.54. The minimum Gasteiger partial charge on any atom is -0.496 e. The summed E-state index contributed by atoms with van der Waals surface area (Å²) in [6, 6.07) is 5.72. The molecule has 3 heterocycles. The molecule has 0 aliphatic rings. The van der Waals surface area contributed by atoms with Gasteiger partial charge >= 0.3 is 0 Å². The number of halogens is 2. The lowest BCUT2D eigenvalue weighted by Crippen LogP contribution is -1.99. The van der Waals surface area contributed by atoms with Crippen molar-refractivity contribution in [3.05, 3.63) is 41.2 Å². The van der Waals surface area contributed by atoms with E-state index in [0.717, 1.165) is 22.2 Å². The molecule has 4 aromatic rings. The van der Waals surface area contributed by atoms with E-state index in [1.54, 1.807) is 7.11 Å². The van der Waals surface area contributed by atoms with Gasteiger partial charge in [-0.1, -0.05) is 29.3 Å². The van der Waals surface area contributed by atoms with Crippen molar-refractivity contribution in [2.24, 2.45) is 0 Å². The number of fused-ring (bicyclic) bond motifs is 3. The van der Waals surface area contributed by atoms with E-state index >= 15 is 0 Å². The lowest BCUT2D eigenvalue weighted by molar-refractivity contribution is 0.420. The first kappa shape index (κ1) is 14.9. The van der Waals surface area contributed by atoms with E-state index in [1.165, 1.54) is 12.7 Å². The smallest absolute Gasteiger partial charge is 0.158 e. The number of methoxy groups -OCH3 is 1. The Morgan fingerprint density at radius 1 is 1.04 bits per heavy atom. The first-order valence-corrected chi connectivity index (χ1v) is 7.67. The normalized spacial score (nSPS) is 11.1. The summed E-state index contributed by atoms with van der Waals surface area (Å²) in [6.07, 6.45) is 2.75. The Labute approximate surface area is 146 Å². The summed E-state index contributed by atoms with van der Waals surface area (Å²) < 4.78 is 5.43. The minimum absolute atomic E-state index is 0.204. The molecular formula is C15H10Cl2N6O. The highest BCUT2D eigenvalue weighted by molar-refractivity contribution is 6.37. The summed E-state index contributed by atoms with van der Waals surface area (Å²) >= 11 is 12.2. The highest BCUT2D eigenvalue weighted by Crippen LogP contribution is 2.36. The Morgan fingerprint density at radius 2 is 1.79 bits per heavy atom. The van der Waals surface area contributed by atoms with Gasteiger partial charge in [-0.25, -0.2) is 19.9 Å². The molecule has 1 aromatic carbocycles. The van der Waals surface area contributed by atoms with Gasteiger partial charge in [0.05, 0.1) is 18.0 Å². The molecule has 0 saturated heterocycles. The standard InChI is InChI=1S/C15H10Cl2N6O/c1-24-8-4-2-3-7-9(8)10-11(22-7)15(21-5-18-10)23-12-13(16)19-6-20-14(12)17/h2-6,22H,1H3,(H,18,21,23). The number of rotatable bonds is 3. The Balaban J connectivity index is 1.94. The Morgan fingerprint density at radius 3 is 2.54 bits per heavy atom. The molecule has 4 rings (SSSR count). The summed E-state index contributed by atoms with van der Waals surface area (Å²) in [5.41, 5.74) is 2.69. The van der Waals surface area contributed by atoms with Crippen molar-refractivity contribution < 1.29 is 4.74 Å². The van der Waals surface area contributed by atoms with Crippen LogP contribution in [0.2, 0.25) is 10.3 Å². The van der Waals surface area contributed by atoms with E-state index < -0.39 is 0 Å². The molecule has 0 aliphatic carbocycles. The zero-order valence-electron chi connectivity index (χ0n) is 12.3. The van der Waals surface area contributed by atoms with Gasteiger partial charge in [-0.2, -0.15) is 0 Å². The molecule has 9 heteroatoms. The van der Waals surface area contributed by atoms with Crippen LogP contribution in [-0.2, 0) is 0 Å². The van der Waals surface area contributed by atoms with Gasteiger partial charge in [-0.3, -0.25) is 0 Å². The van der Waals surface area contributed by atoms with E-state index in [4.69, 9.17) is 27.9 Å². The fourth-order valence-corrected chi connectivity index (χ4v) is 2.95. The molecule has 0 atom stereocenters. The van der Waals surface area contributed by atoms with Crippen LogP contribution in [0, 0.1) is 0 Å². The highest BCUT2D eigenvalue weighted by atomic mass is 35.5. The van der Waals surface area contributed by atoms with Crippen LogP contribution in [0.1, 0.15) is 0 Å². The number of anilines is 2. The second-order valence-electron chi connectivity index (χ2n) is 4.91. The summed E-state index contributed by atoms with van der Waals surface area (Å²) in [5, 5.41) is 4.35. The van der Waals surface area contributed by atoms with E-state index in [0.29, 0.717) is 17.0 Å². The Kier molecular flexibility index (Phi) is 3.59. The van der Waals surface area contributed by atoms with E-state index in [2.05, 4.69) is 30.2 Å². The third-order valence-electron chi connectivity index (χ3n) is 3.59. The molecule has 0 bridgehead atoms. The van der Waals surface area contributed by atoms with Crippen LogP contribution in [0.25, 0.3) is 21.9 Å². The van der Waals surface area contributed by atoms with Crippen molar-refractivity contribution in [3.8, 4) is 5.75 Å². The van der Waals surface area contributed by atoms with Crippen LogP contribution < -0.4 is 10.1 Å². The first-order chi connectivity index (χ1) is 11.7. The summed E-state index contributed by atoms with van der Waals surface area (Å²) in [4.78, 5) is 19.8. The number of aromatic amines is 1. The van der Waals surface area contributed by atoms with Gasteiger partial charge < -0.3 is 15.0 Å². The van der Waals surface area contributed by atoms with Gasteiger partial charge in [0.1, 0.15) is 35.1 Å².